The number of hydrogen-bond donors (Lipinski definition) is 0. The van der Waals surface area contributed by atoms with Crippen molar-refractivity contribution in [2.24, 2.45) is 0 Å². The monoisotopic (exact) mass is 439 g/mol. The number of ether oxygens (including phenoxy) is 1. The van der Waals surface area contributed by atoms with Gasteiger partial charge in [0.15, 0.2) is 0 Å². The molecule has 32 heavy (non-hydrogen) atoms. The summed E-state index contributed by atoms with van der Waals surface area (Å²) in [6.45, 7) is 0.376. The largest absolute Gasteiger partial charge is 0.378 e. The third-order valence-corrected chi connectivity index (χ3v) is 5.99. The van der Waals surface area contributed by atoms with Crippen LogP contribution in [0.2, 0.25) is 5.15 Å². The Morgan fingerprint density at radius 1 is 0.812 bits per heavy atom. The Morgan fingerprint density at radius 3 is 1.78 bits per heavy atom. The minimum atomic E-state index is -0.724. The SMILES string of the molecule is COCc1nn(C(c2ccccc2)(c2ccccc2)c2ccccc2)c2cc(Cl)ncc12. The molecule has 0 saturated carbocycles. The molecule has 0 saturated heterocycles. The molecule has 2 aromatic heterocycles. The van der Waals surface area contributed by atoms with E-state index in [0.29, 0.717) is 11.8 Å². The van der Waals surface area contributed by atoms with E-state index >= 15 is 0 Å². The predicted molar refractivity (Wildman–Crippen MR) is 128 cm³/mol. The molecule has 158 valence electrons. The van der Waals surface area contributed by atoms with Crippen LogP contribution in [0.1, 0.15) is 22.4 Å². The number of nitrogens with zero attached hydrogens (tertiary/aromatic N) is 3. The summed E-state index contributed by atoms with van der Waals surface area (Å²) in [5, 5.41) is 6.46. The molecule has 5 heteroatoms. The van der Waals surface area contributed by atoms with Crippen LogP contribution in [-0.4, -0.2) is 21.9 Å². The van der Waals surface area contributed by atoms with Crippen molar-refractivity contribution >= 4 is 22.5 Å². The average Bonchev–Trinajstić information content (AvgIpc) is 3.20. The molecule has 0 amide bonds. The smallest absolute Gasteiger partial charge is 0.138 e. The van der Waals surface area contributed by atoms with Crippen molar-refractivity contribution in [3.8, 4) is 0 Å². The van der Waals surface area contributed by atoms with Gasteiger partial charge >= 0.3 is 0 Å². The zero-order valence-electron chi connectivity index (χ0n) is 17.6. The maximum atomic E-state index is 6.38. The van der Waals surface area contributed by atoms with Crippen LogP contribution in [0.4, 0.5) is 0 Å². The zero-order chi connectivity index (χ0) is 22.0. The highest BCUT2D eigenvalue weighted by Gasteiger charge is 2.40. The fourth-order valence-corrected chi connectivity index (χ4v) is 4.60. The molecular formula is C27H22ClN3O. The van der Waals surface area contributed by atoms with E-state index in [1.54, 1.807) is 13.3 Å². The zero-order valence-corrected chi connectivity index (χ0v) is 18.4. The molecule has 2 heterocycles. The van der Waals surface area contributed by atoms with Crippen LogP contribution in [0.3, 0.4) is 0 Å². The van der Waals surface area contributed by atoms with Gasteiger partial charge in [0, 0.05) is 24.8 Å². The summed E-state index contributed by atoms with van der Waals surface area (Å²) < 4.78 is 7.55. The number of fused-ring (bicyclic) bond motifs is 1. The van der Waals surface area contributed by atoms with Crippen molar-refractivity contribution in [2.75, 3.05) is 7.11 Å². The summed E-state index contributed by atoms with van der Waals surface area (Å²) in [5.74, 6) is 0. The first-order valence-electron chi connectivity index (χ1n) is 10.4. The maximum absolute atomic E-state index is 6.38. The van der Waals surface area contributed by atoms with Crippen molar-refractivity contribution in [1.29, 1.82) is 0 Å². The highest BCUT2D eigenvalue weighted by atomic mass is 35.5. The van der Waals surface area contributed by atoms with Gasteiger partial charge in [0.2, 0.25) is 0 Å². The number of halogens is 1. The molecule has 0 aliphatic carbocycles. The summed E-state index contributed by atoms with van der Waals surface area (Å²) in [4.78, 5) is 4.32. The molecule has 0 unspecified atom stereocenters. The molecule has 3 aromatic carbocycles. The van der Waals surface area contributed by atoms with Gasteiger partial charge in [0.25, 0.3) is 0 Å². The summed E-state index contributed by atoms with van der Waals surface area (Å²) in [5.41, 5.74) is 4.28. The van der Waals surface area contributed by atoms with Gasteiger partial charge < -0.3 is 4.74 Å². The second kappa shape index (κ2) is 8.58. The van der Waals surface area contributed by atoms with Crippen molar-refractivity contribution in [3.63, 3.8) is 0 Å². The molecule has 0 bridgehead atoms. The minimum absolute atomic E-state index is 0.376. The standard InChI is InChI=1S/C27H22ClN3O/c1-32-19-24-23-18-29-26(28)17-25(23)31(30-24)27(20-11-5-2-6-12-20,21-13-7-3-8-14-21)22-15-9-4-10-16-22/h2-18H,19H2,1H3. The van der Waals surface area contributed by atoms with E-state index in [9.17, 15) is 0 Å². The molecule has 0 fully saturated rings. The van der Waals surface area contributed by atoms with E-state index in [-0.39, 0.29) is 0 Å². The fraction of sp³-hybridized carbons (Fsp3) is 0.111. The maximum Gasteiger partial charge on any atom is 0.138 e. The van der Waals surface area contributed by atoms with Gasteiger partial charge in [-0.25, -0.2) is 9.67 Å². The quantitative estimate of drug-likeness (QED) is 0.238. The van der Waals surface area contributed by atoms with Gasteiger partial charge in [-0.3, -0.25) is 0 Å². The van der Waals surface area contributed by atoms with Gasteiger partial charge in [-0.2, -0.15) is 5.10 Å². The van der Waals surface area contributed by atoms with Crippen LogP contribution >= 0.6 is 11.6 Å². The summed E-state index contributed by atoms with van der Waals surface area (Å²) >= 11 is 6.38. The topological polar surface area (TPSA) is 39.9 Å². The Bertz CT molecular complexity index is 1240. The second-order valence-electron chi connectivity index (χ2n) is 7.62. The normalized spacial score (nSPS) is 11.7. The molecule has 4 nitrogen and oxygen atoms in total. The first-order valence-corrected chi connectivity index (χ1v) is 10.8. The van der Waals surface area contributed by atoms with E-state index < -0.39 is 5.54 Å². The molecule has 0 N–H and O–H groups in total. The Hall–Kier alpha value is -3.47. The van der Waals surface area contributed by atoms with E-state index in [1.807, 2.05) is 24.3 Å². The highest BCUT2D eigenvalue weighted by molar-refractivity contribution is 6.30. The number of rotatable bonds is 6. The Kier molecular flexibility index (Phi) is 5.48. The predicted octanol–water partition coefficient (Wildman–Crippen LogP) is 6.07. The summed E-state index contributed by atoms with van der Waals surface area (Å²) in [6, 6.07) is 33.2. The second-order valence-corrected chi connectivity index (χ2v) is 8.01. The Labute approximate surface area is 192 Å². The summed E-state index contributed by atoms with van der Waals surface area (Å²) in [6.07, 6.45) is 1.78. The van der Waals surface area contributed by atoms with Crippen molar-refractivity contribution in [3.05, 3.63) is 131 Å². The van der Waals surface area contributed by atoms with Gasteiger partial charge in [-0.05, 0) is 16.7 Å². The van der Waals surface area contributed by atoms with Gasteiger partial charge in [0.1, 0.15) is 10.7 Å². The highest BCUT2D eigenvalue weighted by Crippen LogP contribution is 2.42. The lowest BCUT2D eigenvalue weighted by Crippen LogP contribution is -2.38. The van der Waals surface area contributed by atoms with Crippen LogP contribution < -0.4 is 0 Å². The minimum Gasteiger partial charge on any atom is -0.378 e. The van der Waals surface area contributed by atoms with E-state index in [1.165, 1.54) is 0 Å². The number of methoxy groups -OCH3 is 1. The Balaban J connectivity index is 1.97. The summed E-state index contributed by atoms with van der Waals surface area (Å²) in [7, 11) is 1.67. The molecule has 0 aliphatic rings. The van der Waals surface area contributed by atoms with Crippen molar-refractivity contribution in [1.82, 2.24) is 14.8 Å². The number of benzene rings is 3. The van der Waals surface area contributed by atoms with Crippen LogP contribution in [0.15, 0.2) is 103 Å². The third-order valence-electron chi connectivity index (χ3n) is 5.78. The average molecular weight is 440 g/mol. The molecule has 0 spiro atoms. The van der Waals surface area contributed by atoms with Crippen LogP contribution in [0, 0.1) is 0 Å². The van der Waals surface area contributed by atoms with Crippen molar-refractivity contribution < 1.29 is 4.74 Å². The number of aromatic nitrogens is 3. The third kappa shape index (κ3) is 3.29. The van der Waals surface area contributed by atoms with Crippen LogP contribution in [-0.2, 0) is 16.9 Å². The Morgan fingerprint density at radius 2 is 1.31 bits per heavy atom. The molecule has 5 rings (SSSR count). The molecule has 5 aromatic rings. The molecule has 0 atom stereocenters. The molecular weight excluding hydrogens is 418 g/mol. The fourth-order valence-electron chi connectivity index (χ4n) is 4.45. The first kappa shape index (κ1) is 20.4. The molecule has 0 aliphatic heterocycles. The van der Waals surface area contributed by atoms with Gasteiger partial charge in [-0.15, -0.1) is 0 Å². The molecule has 0 radical (unpaired) electrons. The lowest BCUT2D eigenvalue weighted by atomic mass is 9.77. The van der Waals surface area contributed by atoms with E-state index in [2.05, 4.69) is 82.5 Å². The first-order chi connectivity index (χ1) is 15.7. The van der Waals surface area contributed by atoms with Crippen molar-refractivity contribution in [2.45, 2.75) is 12.1 Å². The van der Waals surface area contributed by atoms with E-state index in [0.717, 1.165) is 33.3 Å². The lowest BCUT2D eigenvalue weighted by molar-refractivity contribution is 0.181. The van der Waals surface area contributed by atoms with Gasteiger partial charge in [-0.1, -0.05) is 103 Å². The lowest BCUT2D eigenvalue weighted by Gasteiger charge is -2.37. The van der Waals surface area contributed by atoms with E-state index in [4.69, 9.17) is 21.4 Å². The van der Waals surface area contributed by atoms with Gasteiger partial charge in [0.05, 0.1) is 17.8 Å². The van der Waals surface area contributed by atoms with Crippen LogP contribution in [0.25, 0.3) is 10.9 Å². The number of pyridine rings is 1. The van der Waals surface area contributed by atoms with Crippen LogP contribution in [0.5, 0.6) is 0 Å². The number of hydrogen-bond acceptors (Lipinski definition) is 3.